The molecule has 0 aromatic rings. The van der Waals surface area contributed by atoms with E-state index in [-0.39, 0.29) is 29.6 Å². The molecule has 5 heteroatoms. The minimum Gasteiger partial charge on any atom is -0.481 e. The molecule has 0 spiro atoms. The van der Waals surface area contributed by atoms with Crippen LogP contribution < -0.4 is 29.6 Å². The zero-order valence-electron chi connectivity index (χ0n) is 9.82. The fourth-order valence-electron chi connectivity index (χ4n) is 0.742. The van der Waals surface area contributed by atoms with Crippen molar-refractivity contribution < 1.29 is 49.4 Å². The Bertz CT molecular complexity index is 159. The summed E-state index contributed by atoms with van der Waals surface area (Å²) in [6.07, 6.45) is 2.99. The van der Waals surface area contributed by atoms with E-state index in [2.05, 4.69) is 20.8 Å². The van der Waals surface area contributed by atoms with E-state index in [1.165, 1.54) is 19.3 Å². The van der Waals surface area contributed by atoms with Crippen LogP contribution in [0.4, 0.5) is 0 Å². The van der Waals surface area contributed by atoms with E-state index in [4.69, 9.17) is 10.2 Å². The maximum Gasteiger partial charge on any atom is 1.00 e. The summed E-state index contributed by atoms with van der Waals surface area (Å²) >= 11 is 0. The maximum absolute atomic E-state index is 9.43. The maximum atomic E-state index is 9.43. The Morgan fingerprint density at radius 2 is 1.60 bits per heavy atom. The summed E-state index contributed by atoms with van der Waals surface area (Å²) in [5, 5.41) is 15.4. The normalized spacial score (nSPS) is 10.3. The van der Waals surface area contributed by atoms with Crippen LogP contribution in [0.25, 0.3) is 0 Å². The van der Waals surface area contributed by atoms with Gasteiger partial charge in [0.15, 0.2) is 0 Å². The Morgan fingerprint density at radius 3 is 1.67 bits per heavy atom. The third-order valence-electron chi connectivity index (χ3n) is 1.58. The van der Waals surface area contributed by atoms with Gasteiger partial charge in [-0.2, -0.15) is 5.92 Å². The van der Waals surface area contributed by atoms with Crippen molar-refractivity contribution in [2.75, 3.05) is 0 Å². The molecular weight excluding hydrogens is 207 g/mol. The van der Waals surface area contributed by atoms with Crippen molar-refractivity contribution in [1.82, 2.24) is 0 Å². The predicted molar refractivity (Wildman–Crippen MR) is 53.9 cm³/mol. The molecule has 4 nitrogen and oxygen atoms in total. The standard InChI is InChI=1S/C7H15.C3H4O4.Na/c1-4-6-7(3)5-2;4-2(5)1-3(6)7;/h7H,3-6H2,1-2H3;1H2,(H,4,5)(H,6,7);/q-1;;+1. The van der Waals surface area contributed by atoms with Crippen molar-refractivity contribution >= 4 is 11.9 Å². The SMILES string of the molecule is O=C(O)CC(=O)O.[CH2-]C(CC)CCC.[Na+]. The second-order valence-corrected chi connectivity index (χ2v) is 3.03. The summed E-state index contributed by atoms with van der Waals surface area (Å²) in [6.45, 7) is 8.34. The number of carboxylic acid groups (broad SMARTS) is 2. The number of carbonyl (C=O) groups is 2. The molecule has 0 amide bonds. The van der Waals surface area contributed by atoms with Gasteiger partial charge in [0, 0.05) is 0 Å². The Hall–Kier alpha value is -0.0600. The first-order valence-electron chi connectivity index (χ1n) is 4.70. The molecule has 0 saturated carbocycles. The monoisotopic (exact) mass is 226 g/mol. The Morgan fingerprint density at radius 1 is 1.20 bits per heavy atom. The van der Waals surface area contributed by atoms with Gasteiger partial charge in [-0.05, 0) is 0 Å². The van der Waals surface area contributed by atoms with Gasteiger partial charge in [-0.3, -0.25) is 9.59 Å². The molecule has 0 heterocycles. The van der Waals surface area contributed by atoms with Crippen LogP contribution in [0.15, 0.2) is 0 Å². The molecule has 0 fully saturated rings. The van der Waals surface area contributed by atoms with Gasteiger partial charge in [0.05, 0.1) is 0 Å². The molecule has 0 aliphatic carbocycles. The largest absolute Gasteiger partial charge is 1.00 e. The van der Waals surface area contributed by atoms with E-state index in [1.54, 1.807) is 0 Å². The van der Waals surface area contributed by atoms with Crippen LogP contribution in [0.1, 0.15) is 39.5 Å². The summed E-state index contributed by atoms with van der Waals surface area (Å²) in [5.41, 5.74) is 0. The summed E-state index contributed by atoms with van der Waals surface area (Å²) < 4.78 is 0. The van der Waals surface area contributed by atoms with Crippen LogP contribution in [-0.4, -0.2) is 22.2 Å². The summed E-state index contributed by atoms with van der Waals surface area (Å²) in [5.74, 6) is -1.93. The Kier molecular flexibility index (Phi) is 18.9. The minimum atomic E-state index is -1.31. The molecular formula is C10H19NaO4. The first kappa shape index (κ1) is 20.4. The first-order valence-corrected chi connectivity index (χ1v) is 4.70. The molecule has 0 aromatic carbocycles. The fourth-order valence-corrected chi connectivity index (χ4v) is 0.742. The molecule has 0 aliphatic rings. The molecule has 15 heavy (non-hydrogen) atoms. The van der Waals surface area contributed by atoms with Gasteiger partial charge in [0.2, 0.25) is 0 Å². The predicted octanol–water partition coefficient (Wildman–Crippen LogP) is -0.804. The molecule has 0 bridgehead atoms. The van der Waals surface area contributed by atoms with E-state index in [0.717, 1.165) is 0 Å². The van der Waals surface area contributed by atoms with Gasteiger partial charge in [-0.25, -0.2) is 0 Å². The zero-order chi connectivity index (χ0) is 11.6. The molecule has 84 valence electrons. The van der Waals surface area contributed by atoms with E-state index in [9.17, 15) is 9.59 Å². The fraction of sp³-hybridized carbons (Fsp3) is 0.700. The topological polar surface area (TPSA) is 74.6 Å². The number of aliphatic carboxylic acids is 2. The number of rotatable bonds is 5. The van der Waals surface area contributed by atoms with Crippen molar-refractivity contribution in [2.45, 2.75) is 39.5 Å². The third-order valence-corrected chi connectivity index (χ3v) is 1.58. The molecule has 0 aromatic heterocycles. The molecule has 0 saturated heterocycles. The summed E-state index contributed by atoms with van der Waals surface area (Å²) in [6, 6.07) is 0. The van der Waals surface area contributed by atoms with Crippen LogP contribution in [0.3, 0.4) is 0 Å². The first-order chi connectivity index (χ1) is 6.43. The van der Waals surface area contributed by atoms with Gasteiger partial charge in [0.25, 0.3) is 0 Å². The number of carboxylic acids is 2. The molecule has 1 atom stereocenters. The van der Waals surface area contributed by atoms with E-state index in [1.807, 2.05) is 0 Å². The number of hydrogen-bond donors (Lipinski definition) is 2. The third kappa shape index (κ3) is 24.9. The van der Waals surface area contributed by atoms with Crippen molar-refractivity contribution in [3.63, 3.8) is 0 Å². The second-order valence-electron chi connectivity index (χ2n) is 3.03. The van der Waals surface area contributed by atoms with E-state index in [0.29, 0.717) is 5.92 Å². The molecule has 2 N–H and O–H groups in total. The van der Waals surface area contributed by atoms with Crippen LogP contribution >= 0.6 is 0 Å². The quantitative estimate of drug-likeness (QED) is 0.365. The van der Waals surface area contributed by atoms with Gasteiger partial charge in [-0.1, -0.05) is 33.1 Å². The minimum absolute atomic E-state index is 0. The molecule has 0 aliphatic heterocycles. The zero-order valence-corrected chi connectivity index (χ0v) is 11.8. The van der Waals surface area contributed by atoms with E-state index >= 15 is 0 Å². The van der Waals surface area contributed by atoms with Crippen LogP contribution in [0.5, 0.6) is 0 Å². The van der Waals surface area contributed by atoms with Gasteiger partial charge < -0.3 is 17.1 Å². The van der Waals surface area contributed by atoms with Gasteiger partial charge in [-0.15, -0.1) is 0 Å². The smallest absolute Gasteiger partial charge is 0.481 e. The Balaban J connectivity index is -0.000000180. The Labute approximate surface area is 113 Å². The van der Waals surface area contributed by atoms with Crippen molar-refractivity contribution in [1.29, 1.82) is 0 Å². The van der Waals surface area contributed by atoms with Crippen molar-refractivity contribution in [3.8, 4) is 0 Å². The van der Waals surface area contributed by atoms with Crippen molar-refractivity contribution in [3.05, 3.63) is 6.92 Å². The average molecular weight is 226 g/mol. The van der Waals surface area contributed by atoms with Crippen LogP contribution in [0, 0.1) is 12.8 Å². The number of hydrogen-bond acceptors (Lipinski definition) is 2. The average Bonchev–Trinajstić information content (AvgIpc) is 2.03. The summed E-state index contributed by atoms with van der Waals surface area (Å²) in [4.78, 5) is 18.9. The summed E-state index contributed by atoms with van der Waals surface area (Å²) in [7, 11) is 0. The molecule has 0 radical (unpaired) electrons. The molecule has 0 rings (SSSR count). The molecule has 1 unspecified atom stereocenters. The van der Waals surface area contributed by atoms with Crippen molar-refractivity contribution in [2.24, 2.45) is 5.92 Å². The van der Waals surface area contributed by atoms with Gasteiger partial charge in [0.1, 0.15) is 6.42 Å². The second kappa shape index (κ2) is 13.9. The van der Waals surface area contributed by atoms with Crippen LogP contribution in [0.2, 0.25) is 0 Å². The van der Waals surface area contributed by atoms with Gasteiger partial charge >= 0.3 is 41.5 Å². The van der Waals surface area contributed by atoms with E-state index < -0.39 is 18.4 Å². The van der Waals surface area contributed by atoms with Crippen LogP contribution in [-0.2, 0) is 9.59 Å².